The maximum absolute atomic E-state index is 13.1. The summed E-state index contributed by atoms with van der Waals surface area (Å²) in [4.78, 5) is 2.27. The van der Waals surface area contributed by atoms with Crippen LogP contribution < -0.4 is 5.32 Å². The van der Waals surface area contributed by atoms with Crippen molar-refractivity contribution >= 4 is 15.9 Å². The van der Waals surface area contributed by atoms with Gasteiger partial charge in [0.05, 0.1) is 17.2 Å². The summed E-state index contributed by atoms with van der Waals surface area (Å²) < 4.78 is 19.2. The van der Waals surface area contributed by atoms with Crippen LogP contribution in [0.15, 0.2) is 22.7 Å². The lowest BCUT2D eigenvalue weighted by Crippen LogP contribution is -2.44. The minimum absolute atomic E-state index is 0.226. The van der Waals surface area contributed by atoms with Crippen LogP contribution in [0.3, 0.4) is 0 Å². The van der Waals surface area contributed by atoms with E-state index < -0.39 is 0 Å². The second-order valence-corrected chi connectivity index (χ2v) is 5.49. The fourth-order valence-electron chi connectivity index (χ4n) is 2.02. The first-order valence-electron chi connectivity index (χ1n) is 6.10. The van der Waals surface area contributed by atoms with Crippen molar-refractivity contribution in [2.24, 2.45) is 0 Å². The maximum Gasteiger partial charge on any atom is 0.137 e. The zero-order chi connectivity index (χ0) is 13.0. The fourth-order valence-corrected chi connectivity index (χ4v) is 2.44. The van der Waals surface area contributed by atoms with E-state index in [0.717, 1.165) is 38.3 Å². The minimum atomic E-state index is -0.226. The number of nitrogens with zero attached hydrogens (tertiary/aromatic N) is 1. The Kier molecular flexibility index (Phi) is 5.12. The molecule has 1 heterocycles. The predicted octanol–water partition coefficient (Wildman–Crippen LogP) is 2.01. The molecule has 0 spiro atoms. The maximum atomic E-state index is 13.1. The Morgan fingerprint density at radius 3 is 3.11 bits per heavy atom. The van der Waals surface area contributed by atoms with Gasteiger partial charge >= 0.3 is 0 Å². The largest absolute Gasteiger partial charge is 0.374 e. The number of morpholine rings is 1. The molecule has 1 aliphatic rings. The molecule has 0 bridgehead atoms. The van der Waals surface area contributed by atoms with Crippen LogP contribution in [0.2, 0.25) is 0 Å². The molecule has 100 valence electrons. The van der Waals surface area contributed by atoms with Gasteiger partial charge in [0.15, 0.2) is 0 Å². The molecule has 1 aliphatic heterocycles. The van der Waals surface area contributed by atoms with Gasteiger partial charge in [0, 0.05) is 26.2 Å². The van der Waals surface area contributed by atoms with E-state index in [4.69, 9.17) is 4.74 Å². The van der Waals surface area contributed by atoms with E-state index in [1.165, 1.54) is 6.07 Å². The number of halogens is 2. The number of likely N-dealkylation sites (N-methyl/N-ethyl adjacent to an activating group) is 1. The Bertz CT molecular complexity index is 403. The lowest BCUT2D eigenvalue weighted by atomic mass is 10.2. The Morgan fingerprint density at radius 2 is 2.39 bits per heavy atom. The van der Waals surface area contributed by atoms with Crippen molar-refractivity contribution in [1.82, 2.24) is 10.2 Å². The molecule has 1 aromatic rings. The molecule has 0 radical (unpaired) electrons. The first-order chi connectivity index (χ1) is 8.65. The molecular formula is C13H18BrFN2O. The van der Waals surface area contributed by atoms with Gasteiger partial charge in [0.25, 0.3) is 0 Å². The molecule has 1 aromatic carbocycles. The van der Waals surface area contributed by atoms with Crippen LogP contribution in [0, 0.1) is 5.82 Å². The summed E-state index contributed by atoms with van der Waals surface area (Å²) in [7, 11) is 2.10. The molecule has 3 nitrogen and oxygen atoms in total. The summed E-state index contributed by atoms with van der Waals surface area (Å²) in [6.45, 7) is 4.30. The molecule has 18 heavy (non-hydrogen) atoms. The van der Waals surface area contributed by atoms with Gasteiger partial charge in [0.2, 0.25) is 0 Å². The standard InChI is InChI=1S/C13H18BrFN2O/c1-17-4-5-18-11(9-17)8-16-7-10-2-3-13(15)12(14)6-10/h2-3,6,11,16H,4-5,7-9H2,1H3/t11-/m0/s1. The van der Waals surface area contributed by atoms with Crippen molar-refractivity contribution < 1.29 is 9.13 Å². The molecule has 1 saturated heterocycles. The predicted molar refractivity (Wildman–Crippen MR) is 73.0 cm³/mol. The van der Waals surface area contributed by atoms with Crippen LogP contribution in [0.5, 0.6) is 0 Å². The number of hydrogen-bond acceptors (Lipinski definition) is 3. The SMILES string of the molecule is CN1CCO[C@@H](CNCc2ccc(F)c(Br)c2)C1. The van der Waals surface area contributed by atoms with Crippen molar-refractivity contribution in [3.8, 4) is 0 Å². The third-order valence-electron chi connectivity index (χ3n) is 3.03. The highest BCUT2D eigenvalue weighted by atomic mass is 79.9. The van der Waals surface area contributed by atoms with E-state index >= 15 is 0 Å². The van der Waals surface area contributed by atoms with Gasteiger partial charge < -0.3 is 15.0 Å². The highest BCUT2D eigenvalue weighted by Gasteiger charge is 2.16. The van der Waals surface area contributed by atoms with Crippen molar-refractivity contribution in [2.75, 3.05) is 33.3 Å². The first-order valence-corrected chi connectivity index (χ1v) is 6.89. The molecule has 0 amide bonds. The average Bonchev–Trinajstić information content (AvgIpc) is 2.34. The quantitative estimate of drug-likeness (QED) is 0.919. The molecule has 1 fully saturated rings. The van der Waals surface area contributed by atoms with Crippen molar-refractivity contribution in [2.45, 2.75) is 12.6 Å². The molecule has 0 aromatic heterocycles. The molecule has 5 heteroatoms. The smallest absolute Gasteiger partial charge is 0.137 e. The normalized spacial score (nSPS) is 21.2. The Morgan fingerprint density at radius 1 is 1.56 bits per heavy atom. The first kappa shape index (κ1) is 13.9. The van der Waals surface area contributed by atoms with Crippen LogP contribution in [-0.4, -0.2) is 44.3 Å². The second kappa shape index (κ2) is 6.61. The highest BCUT2D eigenvalue weighted by Crippen LogP contribution is 2.16. The zero-order valence-corrected chi connectivity index (χ0v) is 12.0. The summed E-state index contributed by atoms with van der Waals surface area (Å²) in [6.07, 6.45) is 0.243. The minimum Gasteiger partial charge on any atom is -0.374 e. The highest BCUT2D eigenvalue weighted by molar-refractivity contribution is 9.10. The summed E-state index contributed by atoms with van der Waals surface area (Å²) in [6, 6.07) is 5.07. The van der Waals surface area contributed by atoms with Crippen LogP contribution >= 0.6 is 15.9 Å². The Labute approximate surface area is 115 Å². The van der Waals surface area contributed by atoms with Gasteiger partial charge in [-0.15, -0.1) is 0 Å². The lowest BCUT2D eigenvalue weighted by Gasteiger charge is -2.30. The van der Waals surface area contributed by atoms with Crippen LogP contribution in [0.25, 0.3) is 0 Å². The molecule has 1 atom stereocenters. The molecule has 1 N–H and O–H groups in total. The summed E-state index contributed by atoms with van der Waals surface area (Å²) in [5, 5.41) is 3.34. The zero-order valence-electron chi connectivity index (χ0n) is 10.5. The summed E-state index contributed by atoms with van der Waals surface area (Å²) in [5.41, 5.74) is 1.06. The topological polar surface area (TPSA) is 24.5 Å². The van der Waals surface area contributed by atoms with Crippen molar-refractivity contribution in [3.05, 3.63) is 34.1 Å². The van der Waals surface area contributed by atoms with E-state index in [1.54, 1.807) is 12.1 Å². The molecular weight excluding hydrogens is 299 g/mol. The number of hydrogen-bond donors (Lipinski definition) is 1. The van der Waals surface area contributed by atoms with Gasteiger partial charge in [-0.05, 0) is 40.7 Å². The monoisotopic (exact) mass is 316 g/mol. The van der Waals surface area contributed by atoms with Crippen molar-refractivity contribution in [3.63, 3.8) is 0 Å². The van der Waals surface area contributed by atoms with E-state index in [0.29, 0.717) is 4.47 Å². The van der Waals surface area contributed by atoms with E-state index in [9.17, 15) is 4.39 Å². The van der Waals surface area contributed by atoms with Crippen molar-refractivity contribution in [1.29, 1.82) is 0 Å². The van der Waals surface area contributed by atoms with Crippen LogP contribution in [0.4, 0.5) is 4.39 Å². The van der Waals surface area contributed by atoms with Gasteiger partial charge in [0.1, 0.15) is 5.82 Å². The van der Waals surface area contributed by atoms with Crippen LogP contribution in [-0.2, 0) is 11.3 Å². The van der Waals surface area contributed by atoms with Gasteiger partial charge in [-0.1, -0.05) is 6.07 Å². The van der Waals surface area contributed by atoms with Crippen LogP contribution in [0.1, 0.15) is 5.56 Å². The molecule has 0 aliphatic carbocycles. The lowest BCUT2D eigenvalue weighted by molar-refractivity contribution is -0.0182. The average molecular weight is 317 g/mol. The molecule has 0 saturated carbocycles. The number of ether oxygens (including phenoxy) is 1. The fraction of sp³-hybridized carbons (Fsp3) is 0.538. The Balaban J connectivity index is 1.76. The second-order valence-electron chi connectivity index (χ2n) is 4.63. The number of nitrogens with one attached hydrogen (secondary N) is 1. The molecule has 0 unspecified atom stereocenters. The van der Waals surface area contributed by atoms with Gasteiger partial charge in [-0.25, -0.2) is 4.39 Å². The summed E-state index contributed by atoms with van der Waals surface area (Å²) >= 11 is 3.19. The third kappa shape index (κ3) is 4.02. The summed E-state index contributed by atoms with van der Waals surface area (Å²) in [5.74, 6) is -0.226. The van der Waals surface area contributed by atoms with Gasteiger partial charge in [-0.2, -0.15) is 0 Å². The Hall–Kier alpha value is -0.490. The van der Waals surface area contributed by atoms with E-state index in [2.05, 4.69) is 33.2 Å². The van der Waals surface area contributed by atoms with E-state index in [1.807, 2.05) is 0 Å². The van der Waals surface area contributed by atoms with Gasteiger partial charge in [-0.3, -0.25) is 0 Å². The van der Waals surface area contributed by atoms with E-state index in [-0.39, 0.29) is 11.9 Å². The third-order valence-corrected chi connectivity index (χ3v) is 3.63. The number of rotatable bonds is 4. The molecule has 2 rings (SSSR count). The number of benzene rings is 1.